The molecule has 1 radical (unpaired) electrons. The van der Waals surface area contributed by atoms with Crippen molar-refractivity contribution in [2.75, 3.05) is 5.43 Å². The van der Waals surface area contributed by atoms with Crippen molar-refractivity contribution in [2.45, 2.75) is 58.4 Å². The third-order valence-corrected chi connectivity index (χ3v) is 2.59. The molecule has 0 aliphatic heterocycles. The lowest BCUT2D eigenvalue weighted by Gasteiger charge is -2.13. The van der Waals surface area contributed by atoms with Crippen LogP contribution in [0.25, 0.3) is 0 Å². The largest absolute Gasteiger partial charge is 0.306 e. The van der Waals surface area contributed by atoms with Crippen molar-refractivity contribution in [1.82, 2.24) is 15.1 Å². The average molecular weight is 223 g/mol. The summed E-state index contributed by atoms with van der Waals surface area (Å²) in [5, 5.41) is 7.62. The van der Waals surface area contributed by atoms with Gasteiger partial charge in [0.25, 0.3) is 0 Å². The molecule has 1 N–H and O–H groups in total. The lowest BCUT2D eigenvalue weighted by Crippen LogP contribution is -2.25. The van der Waals surface area contributed by atoms with E-state index < -0.39 is 0 Å². The zero-order chi connectivity index (χ0) is 11.6. The highest BCUT2D eigenvalue weighted by atomic mass is 15.6. The fraction of sp³-hybridized carbons (Fsp3) is 0.750. The second kappa shape index (κ2) is 8.13. The van der Waals surface area contributed by atoms with Gasteiger partial charge < -0.3 is 5.43 Å². The Hall–Kier alpha value is -1.06. The van der Waals surface area contributed by atoms with Gasteiger partial charge in [-0.15, -0.1) is 5.10 Å². The van der Waals surface area contributed by atoms with E-state index in [2.05, 4.69) is 36.0 Å². The quantitative estimate of drug-likeness (QED) is 0.655. The van der Waals surface area contributed by atoms with Gasteiger partial charge in [-0.05, 0) is 31.4 Å². The van der Waals surface area contributed by atoms with Gasteiger partial charge in [-0.3, -0.25) is 0 Å². The molecule has 16 heavy (non-hydrogen) atoms. The number of hydrogen-bond donors (Lipinski definition) is 1. The monoisotopic (exact) mass is 223 g/mol. The molecule has 0 aliphatic carbocycles. The van der Waals surface area contributed by atoms with Crippen molar-refractivity contribution in [3.05, 3.63) is 18.8 Å². The van der Waals surface area contributed by atoms with Crippen LogP contribution in [0, 0.1) is 6.42 Å². The molecule has 4 nitrogen and oxygen atoms in total. The van der Waals surface area contributed by atoms with Crippen LogP contribution >= 0.6 is 0 Å². The maximum atomic E-state index is 3.87. The third-order valence-electron chi connectivity index (χ3n) is 2.59. The van der Waals surface area contributed by atoms with Gasteiger partial charge in [-0.25, -0.2) is 0 Å². The molecule has 1 aromatic rings. The molecule has 1 unspecified atom stereocenters. The Bertz CT molecular complexity index is 246. The Labute approximate surface area is 98.4 Å². The van der Waals surface area contributed by atoms with Crippen LogP contribution in [0.15, 0.2) is 12.4 Å². The van der Waals surface area contributed by atoms with E-state index >= 15 is 0 Å². The van der Waals surface area contributed by atoms with E-state index in [0.717, 1.165) is 6.42 Å². The van der Waals surface area contributed by atoms with Crippen LogP contribution in [0.1, 0.15) is 52.4 Å². The van der Waals surface area contributed by atoms with Gasteiger partial charge in [0.05, 0.1) is 12.4 Å². The van der Waals surface area contributed by atoms with Gasteiger partial charge >= 0.3 is 0 Å². The molecule has 0 aliphatic rings. The van der Waals surface area contributed by atoms with E-state index in [-0.39, 0.29) is 0 Å². The molecule has 1 aromatic heterocycles. The van der Waals surface area contributed by atoms with Crippen LogP contribution in [-0.4, -0.2) is 21.1 Å². The summed E-state index contributed by atoms with van der Waals surface area (Å²) in [4.78, 5) is 1.67. The van der Waals surface area contributed by atoms with E-state index in [1.165, 1.54) is 32.1 Å². The summed E-state index contributed by atoms with van der Waals surface area (Å²) in [5.74, 6) is 0. The van der Waals surface area contributed by atoms with Crippen molar-refractivity contribution in [3.8, 4) is 0 Å². The Morgan fingerprint density at radius 1 is 1.38 bits per heavy atom. The van der Waals surface area contributed by atoms with Crippen LogP contribution in [0.4, 0.5) is 0 Å². The second-order valence-corrected chi connectivity index (χ2v) is 4.24. The van der Waals surface area contributed by atoms with Crippen molar-refractivity contribution < 1.29 is 0 Å². The standard InChI is InChI=1S/C12H23N4/c1-3-4-5-6-7-8-9-12(2)14-16-11-10-13-15-16/h7,10-12,14H,3-6,8-9H2,1-2H3. The first-order chi connectivity index (χ1) is 7.83. The molecule has 91 valence electrons. The van der Waals surface area contributed by atoms with E-state index in [1.807, 2.05) is 6.20 Å². The molecule has 0 spiro atoms. The minimum absolute atomic E-state index is 0.434. The minimum atomic E-state index is 0.434. The Kier molecular flexibility index (Phi) is 6.61. The van der Waals surface area contributed by atoms with Gasteiger partial charge in [0.2, 0.25) is 0 Å². The molecule has 1 heterocycles. The maximum absolute atomic E-state index is 3.87. The Morgan fingerprint density at radius 3 is 2.94 bits per heavy atom. The second-order valence-electron chi connectivity index (χ2n) is 4.24. The molecule has 4 heteroatoms. The summed E-state index contributed by atoms with van der Waals surface area (Å²) in [6.07, 6.45) is 13.5. The average Bonchev–Trinajstić information content (AvgIpc) is 2.76. The molecular weight excluding hydrogens is 200 g/mol. The number of rotatable bonds is 9. The SMILES string of the molecule is CCCCC[CH]CCC(C)Nn1ccnn1. The summed E-state index contributed by atoms with van der Waals surface area (Å²) in [7, 11) is 0. The number of nitrogens with zero attached hydrogens (tertiary/aromatic N) is 3. The summed E-state index contributed by atoms with van der Waals surface area (Å²) in [6, 6.07) is 0.434. The fourth-order valence-corrected chi connectivity index (χ4v) is 1.62. The van der Waals surface area contributed by atoms with Crippen molar-refractivity contribution in [2.24, 2.45) is 0 Å². The van der Waals surface area contributed by atoms with Gasteiger partial charge in [-0.2, -0.15) is 4.79 Å². The number of unbranched alkanes of at least 4 members (excludes halogenated alkanes) is 5. The molecule has 0 fully saturated rings. The zero-order valence-electron chi connectivity index (χ0n) is 10.4. The fourth-order valence-electron chi connectivity index (χ4n) is 1.62. The number of aromatic nitrogens is 3. The number of hydrogen-bond acceptors (Lipinski definition) is 3. The van der Waals surface area contributed by atoms with Crippen LogP contribution in [0.2, 0.25) is 0 Å². The molecule has 0 amide bonds. The topological polar surface area (TPSA) is 42.7 Å². The zero-order valence-corrected chi connectivity index (χ0v) is 10.4. The van der Waals surface area contributed by atoms with Crippen molar-refractivity contribution in [3.63, 3.8) is 0 Å². The summed E-state index contributed by atoms with van der Waals surface area (Å²) >= 11 is 0. The molecule has 1 atom stereocenters. The van der Waals surface area contributed by atoms with Crippen LogP contribution in [0.5, 0.6) is 0 Å². The minimum Gasteiger partial charge on any atom is -0.306 e. The molecule has 0 bridgehead atoms. The first-order valence-corrected chi connectivity index (χ1v) is 6.27. The molecule has 0 saturated heterocycles. The summed E-state index contributed by atoms with van der Waals surface area (Å²) in [5.41, 5.74) is 3.25. The normalized spacial score (nSPS) is 12.6. The number of nitrogens with one attached hydrogen (secondary N) is 1. The van der Waals surface area contributed by atoms with E-state index in [9.17, 15) is 0 Å². The van der Waals surface area contributed by atoms with Gasteiger partial charge in [0.1, 0.15) is 0 Å². The molecular formula is C12H23N4. The predicted octanol–water partition coefficient (Wildman–Crippen LogP) is 2.77. The first kappa shape index (κ1) is 13.0. The van der Waals surface area contributed by atoms with E-state index in [4.69, 9.17) is 0 Å². The molecule has 0 saturated carbocycles. The van der Waals surface area contributed by atoms with Crippen LogP contribution < -0.4 is 5.43 Å². The van der Waals surface area contributed by atoms with E-state index in [0.29, 0.717) is 6.04 Å². The highest BCUT2D eigenvalue weighted by Crippen LogP contribution is 2.07. The van der Waals surface area contributed by atoms with E-state index in [1.54, 1.807) is 11.0 Å². The molecule has 1 rings (SSSR count). The molecule has 0 aromatic carbocycles. The van der Waals surface area contributed by atoms with Gasteiger partial charge in [0, 0.05) is 6.04 Å². The van der Waals surface area contributed by atoms with Crippen LogP contribution in [0.3, 0.4) is 0 Å². The lowest BCUT2D eigenvalue weighted by molar-refractivity contribution is 0.572. The highest BCUT2D eigenvalue weighted by Gasteiger charge is 2.01. The van der Waals surface area contributed by atoms with Gasteiger partial charge in [0.15, 0.2) is 0 Å². The first-order valence-electron chi connectivity index (χ1n) is 6.27. The Morgan fingerprint density at radius 2 is 2.25 bits per heavy atom. The van der Waals surface area contributed by atoms with Crippen molar-refractivity contribution >= 4 is 0 Å². The van der Waals surface area contributed by atoms with Crippen molar-refractivity contribution in [1.29, 1.82) is 0 Å². The Balaban J connectivity index is 1.96. The summed E-state index contributed by atoms with van der Waals surface area (Å²) in [6.45, 7) is 4.41. The summed E-state index contributed by atoms with van der Waals surface area (Å²) < 4.78 is 0. The third kappa shape index (κ3) is 5.73. The highest BCUT2D eigenvalue weighted by molar-refractivity contribution is 4.80. The predicted molar refractivity (Wildman–Crippen MR) is 66.5 cm³/mol. The maximum Gasteiger partial charge on any atom is 0.0715 e. The van der Waals surface area contributed by atoms with Crippen LogP contribution in [-0.2, 0) is 0 Å². The van der Waals surface area contributed by atoms with Gasteiger partial charge in [-0.1, -0.05) is 32.6 Å². The lowest BCUT2D eigenvalue weighted by atomic mass is 10.1. The smallest absolute Gasteiger partial charge is 0.0715 e.